The second kappa shape index (κ2) is 6.51. The number of hydrogen-bond donors (Lipinski definition) is 2. The zero-order chi connectivity index (χ0) is 15.6. The maximum atomic E-state index is 13.2. The van der Waals surface area contributed by atoms with Gasteiger partial charge in [-0.2, -0.15) is 0 Å². The van der Waals surface area contributed by atoms with E-state index in [1.807, 2.05) is 23.9 Å². The molecule has 0 amide bonds. The molecule has 2 unspecified atom stereocenters. The van der Waals surface area contributed by atoms with Crippen molar-refractivity contribution in [1.82, 2.24) is 9.80 Å². The van der Waals surface area contributed by atoms with Gasteiger partial charge < -0.3 is 15.1 Å². The number of carbonyl (C=O) groups is 1. The summed E-state index contributed by atoms with van der Waals surface area (Å²) in [6.45, 7) is 1.21. The van der Waals surface area contributed by atoms with Crippen LogP contribution in [0.25, 0.3) is 0 Å². The Kier molecular flexibility index (Phi) is 4.92. The number of Topliss-reactive ketones (excluding diaryl/α,β-unsaturated/α-hetero) is 1. The van der Waals surface area contributed by atoms with Crippen LogP contribution in [0.1, 0.15) is 16.8 Å². The first-order valence-electron chi connectivity index (χ1n) is 6.95. The van der Waals surface area contributed by atoms with Gasteiger partial charge in [0.1, 0.15) is 11.6 Å². The van der Waals surface area contributed by atoms with Crippen molar-refractivity contribution in [2.24, 2.45) is 0 Å². The molecule has 1 aromatic carbocycles. The molecule has 1 aliphatic heterocycles. The number of aliphatic hydroxyl groups excluding tert-OH is 1. The second-order valence-corrected chi connectivity index (χ2v) is 5.82. The van der Waals surface area contributed by atoms with Crippen LogP contribution in [-0.4, -0.2) is 71.7 Å². The van der Waals surface area contributed by atoms with Crippen LogP contribution in [0.4, 0.5) is 4.39 Å². The van der Waals surface area contributed by atoms with Crippen LogP contribution in [-0.2, 0) is 0 Å². The number of benzene rings is 1. The van der Waals surface area contributed by atoms with Gasteiger partial charge >= 0.3 is 0 Å². The van der Waals surface area contributed by atoms with E-state index in [0.29, 0.717) is 13.0 Å². The number of β-amino-alcohol motifs (C(OH)–C–C–N with tert-alkyl or cyclic N) is 1. The van der Waals surface area contributed by atoms with Gasteiger partial charge in [-0.3, -0.25) is 9.69 Å². The van der Waals surface area contributed by atoms with Gasteiger partial charge in [-0.15, -0.1) is 0 Å². The number of aliphatic hydroxyl groups is 1. The number of likely N-dealkylation sites (tertiary alicyclic amines) is 1. The quantitative estimate of drug-likeness (QED) is 0.784. The molecule has 1 aromatic rings. The Hall–Kier alpha value is -1.50. The Labute approximate surface area is 123 Å². The molecular weight excluding hydrogens is 275 g/mol. The maximum absolute atomic E-state index is 13.2. The molecule has 6 heteroatoms. The largest absolute Gasteiger partial charge is 0.507 e. The maximum Gasteiger partial charge on any atom is 0.180 e. The van der Waals surface area contributed by atoms with Crippen LogP contribution < -0.4 is 0 Å². The Bertz CT molecular complexity index is 522. The number of phenolic OH excluding ortho intramolecular Hbond substituents is 1. The number of ketones is 1. The molecule has 116 valence electrons. The molecule has 2 atom stereocenters. The highest BCUT2D eigenvalue weighted by atomic mass is 19.1. The molecule has 0 aliphatic carbocycles. The zero-order valence-electron chi connectivity index (χ0n) is 12.3. The summed E-state index contributed by atoms with van der Waals surface area (Å²) in [5.41, 5.74) is -0.0139. The fourth-order valence-electron chi connectivity index (χ4n) is 2.76. The van der Waals surface area contributed by atoms with Crippen LogP contribution in [0.3, 0.4) is 0 Å². The van der Waals surface area contributed by atoms with Crippen LogP contribution in [0.5, 0.6) is 5.75 Å². The molecule has 1 heterocycles. The Morgan fingerprint density at radius 1 is 1.48 bits per heavy atom. The van der Waals surface area contributed by atoms with Gasteiger partial charge in [0.05, 0.1) is 18.2 Å². The molecule has 0 aromatic heterocycles. The number of hydrogen-bond acceptors (Lipinski definition) is 5. The minimum absolute atomic E-state index is 0.0139. The summed E-state index contributed by atoms with van der Waals surface area (Å²) in [6, 6.07) is 3.42. The van der Waals surface area contributed by atoms with Crippen molar-refractivity contribution in [3.63, 3.8) is 0 Å². The third kappa shape index (κ3) is 4.00. The topological polar surface area (TPSA) is 64.0 Å². The first-order valence-corrected chi connectivity index (χ1v) is 6.95. The van der Waals surface area contributed by atoms with Gasteiger partial charge in [-0.25, -0.2) is 4.39 Å². The molecule has 0 spiro atoms. The third-order valence-corrected chi connectivity index (χ3v) is 3.69. The van der Waals surface area contributed by atoms with Crippen molar-refractivity contribution in [1.29, 1.82) is 0 Å². The Balaban J connectivity index is 2.09. The molecule has 2 N–H and O–H groups in total. The molecule has 0 radical (unpaired) electrons. The van der Waals surface area contributed by atoms with E-state index in [9.17, 15) is 19.4 Å². The van der Waals surface area contributed by atoms with Gasteiger partial charge in [-0.05, 0) is 38.7 Å². The van der Waals surface area contributed by atoms with Crippen LogP contribution in [0.2, 0.25) is 0 Å². The lowest BCUT2D eigenvalue weighted by atomic mass is 10.1. The monoisotopic (exact) mass is 296 g/mol. The molecule has 0 bridgehead atoms. The lowest BCUT2D eigenvalue weighted by Crippen LogP contribution is -2.40. The first kappa shape index (κ1) is 15.9. The molecule has 2 rings (SSSR count). The molecule has 1 fully saturated rings. The summed E-state index contributed by atoms with van der Waals surface area (Å²) in [5, 5.41) is 19.5. The number of carbonyl (C=O) groups excluding carboxylic acids is 1. The van der Waals surface area contributed by atoms with Crippen molar-refractivity contribution < 1.29 is 19.4 Å². The van der Waals surface area contributed by atoms with Gasteiger partial charge in [0.25, 0.3) is 0 Å². The number of halogens is 1. The highest BCUT2D eigenvalue weighted by molar-refractivity contribution is 6.00. The second-order valence-electron chi connectivity index (χ2n) is 5.82. The van der Waals surface area contributed by atoms with Crippen molar-refractivity contribution in [2.75, 3.05) is 33.7 Å². The first-order chi connectivity index (χ1) is 9.86. The van der Waals surface area contributed by atoms with Gasteiger partial charge in [0.2, 0.25) is 0 Å². The Morgan fingerprint density at radius 3 is 2.86 bits per heavy atom. The van der Waals surface area contributed by atoms with Crippen molar-refractivity contribution in [3.05, 3.63) is 29.6 Å². The summed E-state index contributed by atoms with van der Waals surface area (Å²) in [6.07, 6.45) is 0.157. The van der Waals surface area contributed by atoms with Crippen molar-refractivity contribution >= 4 is 5.78 Å². The minimum atomic E-state index is -0.553. The predicted octanol–water partition coefficient (Wildman–Crippen LogP) is 0.711. The third-order valence-electron chi connectivity index (χ3n) is 3.69. The van der Waals surface area contributed by atoms with Crippen LogP contribution >= 0.6 is 0 Å². The van der Waals surface area contributed by atoms with Crippen LogP contribution in [0.15, 0.2) is 18.2 Å². The molecule has 1 saturated heterocycles. The van der Waals surface area contributed by atoms with Gasteiger partial charge in [-0.1, -0.05) is 0 Å². The van der Waals surface area contributed by atoms with Crippen molar-refractivity contribution in [2.45, 2.75) is 18.6 Å². The molecule has 21 heavy (non-hydrogen) atoms. The smallest absolute Gasteiger partial charge is 0.180 e. The number of phenols is 1. The SMILES string of the molecule is CN(C)CC1CC(O)CN1CC(=O)c1cc(F)ccc1O. The van der Waals surface area contributed by atoms with E-state index in [2.05, 4.69) is 0 Å². The summed E-state index contributed by atoms with van der Waals surface area (Å²) >= 11 is 0. The number of nitrogens with zero attached hydrogens (tertiary/aromatic N) is 2. The van der Waals surface area contributed by atoms with Crippen LogP contribution in [0, 0.1) is 5.82 Å². The standard InChI is InChI=1S/C15H21FN2O3/c1-17(2)7-11-6-12(19)8-18(11)9-15(21)13-5-10(16)3-4-14(13)20/h3-5,11-12,19-20H,6-9H2,1-2H3. The summed E-state index contributed by atoms with van der Waals surface area (Å²) in [5.74, 6) is -1.11. The minimum Gasteiger partial charge on any atom is -0.507 e. The molecule has 1 aliphatic rings. The van der Waals surface area contributed by atoms with E-state index in [1.165, 1.54) is 6.07 Å². The number of likely N-dealkylation sites (N-methyl/N-ethyl adjacent to an activating group) is 1. The fraction of sp³-hybridized carbons (Fsp3) is 0.533. The normalized spacial score (nSPS) is 22.9. The summed E-state index contributed by atoms with van der Waals surface area (Å²) in [4.78, 5) is 16.1. The lowest BCUT2D eigenvalue weighted by Gasteiger charge is -2.26. The van der Waals surface area contributed by atoms with E-state index >= 15 is 0 Å². The number of aromatic hydroxyl groups is 1. The van der Waals surface area contributed by atoms with Crippen molar-refractivity contribution in [3.8, 4) is 5.75 Å². The Morgan fingerprint density at radius 2 is 2.19 bits per heavy atom. The van der Waals surface area contributed by atoms with Gasteiger partial charge in [0.15, 0.2) is 5.78 Å². The summed E-state index contributed by atoms with van der Waals surface area (Å²) in [7, 11) is 3.87. The molecular formula is C15H21FN2O3. The molecule has 5 nitrogen and oxygen atoms in total. The highest BCUT2D eigenvalue weighted by Gasteiger charge is 2.32. The average Bonchev–Trinajstić information content (AvgIpc) is 2.71. The zero-order valence-corrected chi connectivity index (χ0v) is 12.3. The average molecular weight is 296 g/mol. The predicted molar refractivity (Wildman–Crippen MR) is 76.9 cm³/mol. The van der Waals surface area contributed by atoms with E-state index in [4.69, 9.17) is 0 Å². The lowest BCUT2D eigenvalue weighted by molar-refractivity contribution is 0.0899. The fourth-order valence-corrected chi connectivity index (χ4v) is 2.76. The highest BCUT2D eigenvalue weighted by Crippen LogP contribution is 2.22. The summed E-state index contributed by atoms with van der Waals surface area (Å²) < 4.78 is 13.2. The molecule has 0 saturated carbocycles. The van der Waals surface area contributed by atoms with E-state index in [1.54, 1.807) is 0 Å². The number of rotatable bonds is 5. The van der Waals surface area contributed by atoms with Gasteiger partial charge in [0, 0.05) is 19.1 Å². The van der Waals surface area contributed by atoms with E-state index in [-0.39, 0.29) is 29.7 Å². The van der Waals surface area contributed by atoms with E-state index < -0.39 is 11.9 Å². The van der Waals surface area contributed by atoms with E-state index in [0.717, 1.165) is 18.7 Å².